The van der Waals surface area contributed by atoms with Crippen LogP contribution in [0.3, 0.4) is 0 Å². The quantitative estimate of drug-likeness (QED) is 0.120. The lowest BCUT2D eigenvalue weighted by Crippen LogP contribution is -2.08. The molecule has 0 aliphatic rings. The van der Waals surface area contributed by atoms with Crippen molar-refractivity contribution >= 4 is 28.7 Å². The summed E-state index contributed by atoms with van der Waals surface area (Å²) in [5, 5.41) is 26.9. The molecule has 0 saturated heterocycles. The number of benzene rings is 3. The molecular formula is C43H53F3N6O. The molecule has 4 N–H and O–H groups in total. The number of halogens is 3. The van der Waals surface area contributed by atoms with E-state index >= 15 is 0 Å². The number of isocyanates is 1. The van der Waals surface area contributed by atoms with Gasteiger partial charge in [0.2, 0.25) is 6.08 Å². The molecule has 0 saturated carbocycles. The molecular weight excluding hydrogens is 674 g/mol. The van der Waals surface area contributed by atoms with E-state index in [9.17, 15) is 18.0 Å². The van der Waals surface area contributed by atoms with Crippen LogP contribution < -0.4 is 11.5 Å². The minimum Gasteiger partial charge on any atom is -0.398 e. The summed E-state index contributed by atoms with van der Waals surface area (Å²) in [4.78, 5) is 14.3. The highest BCUT2D eigenvalue weighted by molar-refractivity contribution is 5.77. The summed E-state index contributed by atoms with van der Waals surface area (Å²) in [5.74, 6) is -1.28. The van der Waals surface area contributed by atoms with Crippen molar-refractivity contribution in [3.05, 3.63) is 92.3 Å². The first-order valence-corrected chi connectivity index (χ1v) is 17.9. The normalized spacial score (nSPS) is 12.1. The predicted octanol–water partition coefficient (Wildman–Crippen LogP) is 12.0. The van der Waals surface area contributed by atoms with Crippen LogP contribution in [0.15, 0.2) is 29.8 Å². The van der Waals surface area contributed by atoms with Crippen molar-refractivity contribution in [3.63, 3.8) is 0 Å². The molecule has 10 heteroatoms. The number of hydrogen-bond acceptors (Lipinski definition) is 7. The maximum atomic E-state index is 14.2. The Morgan fingerprint density at radius 3 is 1.40 bits per heavy atom. The Morgan fingerprint density at radius 1 is 0.679 bits per heavy atom. The number of rotatable bonds is 10. The van der Waals surface area contributed by atoms with E-state index in [1.165, 1.54) is 12.1 Å². The van der Waals surface area contributed by atoms with E-state index in [4.69, 9.17) is 27.3 Å². The van der Waals surface area contributed by atoms with Gasteiger partial charge in [0.1, 0.15) is 35.7 Å². The van der Waals surface area contributed by atoms with Crippen molar-refractivity contribution in [3.8, 4) is 18.2 Å². The van der Waals surface area contributed by atoms with E-state index in [0.29, 0.717) is 33.8 Å². The lowest BCUT2D eigenvalue weighted by molar-refractivity contribution is 0.564. The van der Waals surface area contributed by atoms with E-state index in [-0.39, 0.29) is 51.8 Å². The van der Waals surface area contributed by atoms with Crippen LogP contribution in [-0.2, 0) is 4.79 Å². The summed E-state index contributed by atoms with van der Waals surface area (Å²) in [6.45, 7) is 24.9. The smallest absolute Gasteiger partial charge is 0.240 e. The molecule has 3 unspecified atom stereocenters. The zero-order chi connectivity index (χ0) is 40.9. The number of nitrogens with two attached hydrogens (primary N) is 2. The Labute approximate surface area is 313 Å². The molecule has 0 spiro atoms. The molecule has 0 fully saturated rings. The molecule has 3 aromatic carbocycles. The van der Waals surface area contributed by atoms with Gasteiger partial charge in [0.25, 0.3) is 0 Å². The van der Waals surface area contributed by atoms with Crippen LogP contribution in [0.4, 0.5) is 30.2 Å². The van der Waals surface area contributed by atoms with Crippen LogP contribution in [0.1, 0.15) is 175 Å². The van der Waals surface area contributed by atoms with Crippen molar-refractivity contribution in [1.29, 1.82) is 15.8 Å². The number of anilines is 2. The number of nitrogen functional groups attached to an aromatic ring is 2. The summed E-state index contributed by atoms with van der Waals surface area (Å²) in [7, 11) is 0. The zero-order valence-electron chi connectivity index (χ0n) is 32.9. The highest BCUT2D eigenvalue weighted by atomic mass is 19.1. The predicted molar refractivity (Wildman–Crippen MR) is 209 cm³/mol. The minimum absolute atomic E-state index is 0.00356. The maximum absolute atomic E-state index is 14.2. The fourth-order valence-electron chi connectivity index (χ4n) is 5.87. The van der Waals surface area contributed by atoms with Crippen LogP contribution >= 0.6 is 0 Å². The van der Waals surface area contributed by atoms with Crippen molar-refractivity contribution < 1.29 is 18.0 Å². The second-order valence-corrected chi connectivity index (χ2v) is 13.9. The van der Waals surface area contributed by atoms with Gasteiger partial charge in [0.15, 0.2) is 0 Å². The average molecular weight is 727 g/mol. The summed E-state index contributed by atoms with van der Waals surface area (Å²) >= 11 is 0. The van der Waals surface area contributed by atoms with Gasteiger partial charge >= 0.3 is 0 Å². The van der Waals surface area contributed by atoms with Crippen LogP contribution in [0.25, 0.3) is 5.57 Å². The van der Waals surface area contributed by atoms with Gasteiger partial charge in [-0.2, -0.15) is 20.8 Å². The Kier molecular flexibility index (Phi) is 17.8. The minimum atomic E-state index is -0.585. The molecule has 7 nitrogen and oxygen atoms in total. The van der Waals surface area contributed by atoms with Crippen LogP contribution in [0.2, 0.25) is 0 Å². The Hall–Kier alpha value is -5.36. The number of allylic oxidation sites excluding steroid dienone is 1. The molecule has 3 aromatic rings. The third-order valence-corrected chi connectivity index (χ3v) is 9.54. The van der Waals surface area contributed by atoms with Gasteiger partial charge in [-0.1, -0.05) is 75.8 Å². The average Bonchev–Trinajstić information content (AvgIpc) is 3.11. The molecule has 0 radical (unpaired) electrons. The van der Waals surface area contributed by atoms with Crippen LogP contribution in [-0.4, -0.2) is 6.08 Å². The molecule has 3 atom stereocenters. The topological polar surface area (TPSA) is 153 Å². The lowest BCUT2D eigenvalue weighted by Gasteiger charge is -2.19. The second kappa shape index (κ2) is 20.6. The Bertz CT molecular complexity index is 1970. The van der Waals surface area contributed by atoms with Gasteiger partial charge in [-0.05, 0) is 96.2 Å². The summed E-state index contributed by atoms with van der Waals surface area (Å²) in [5.41, 5.74) is 17.4. The SMILES string of the molecule is C=C(C)c1c(N)c(C(C)CC)cc(C#N)c1F.CCC(C)c1cc(C#N)c(F)c(C(C)C)c1N.CCC(C)c1cc(C#N)c(F)c(C(C)C)c1N=C=O. The number of hydrogen-bond donors (Lipinski definition) is 2. The molecule has 282 valence electrons. The van der Waals surface area contributed by atoms with E-state index in [0.717, 1.165) is 36.0 Å². The lowest BCUT2D eigenvalue weighted by atomic mass is 9.88. The highest BCUT2D eigenvalue weighted by Crippen LogP contribution is 2.39. The fourth-order valence-corrected chi connectivity index (χ4v) is 5.87. The van der Waals surface area contributed by atoms with Crippen molar-refractivity contribution in [1.82, 2.24) is 0 Å². The van der Waals surface area contributed by atoms with Gasteiger partial charge in [0.05, 0.1) is 22.4 Å². The molecule has 0 aliphatic carbocycles. The number of nitriles is 3. The van der Waals surface area contributed by atoms with Crippen LogP contribution in [0, 0.1) is 51.4 Å². The Morgan fingerprint density at radius 2 is 1.04 bits per heavy atom. The Balaban J connectivity index is 0.000000398. The first-order valence-electron chi connectivity index (χ1n) is 17.9. The van der Waals surface area contributed by atoms with Gasteiger partial charge in [0, 0.05) is 28.1 Å². The van der Waals surface area contributed by atoms with E-state index in [2.05, 4.69) is 18.5 Å². The summed E-state index contributed by atoms with van der Waals surface area (Å²) in [6, 6.07) is 10.3. The number of nitrogens with zero attached hydrogens (tertiary/aromatic N) is 4. The number of carbonyl (C=O) groups excluding carboxylic acids is 1. The standard InChI is InChI=1S/C15H17FN2O.C14H19FN2.C14H17FN2/c1-5-10(4)12-6-11(7-17)14(16)13(9(2)3)15(12)18-8-19;2*1-5-9(4)11-6-10(7-16)13(15)12(8(2)3)14(11)17/h6,9-10H,5H2,1-4H3;6,8-9H,5,17H2,1-4H3;6,9H,2,5,17H2,1,3-4H3. The molecule has 53 heavy (non-hydrogen) atoms. The van der Waals surface area contributed by atoms with Crippen molar-refractivity contribution in [2.45, 2.75) is 125 Å². The van der Waals surface area contributed by atoms with E-state index in [1.54, 1.807) is 19.1 Å². The molecule has 0 aromatic heterocycles. The van der Waals surface area contributed by atoms with Gasteiger partial charge in [-0.15, -0.1) is 0 Å². The summed E-state index contributed by atoms with van der Waals surface area (Å²) < 4.78 is 42.2. The van der Waals surface area contributed by atoms with E-state index < -0.39 is 17.5 Å². The third-order valence-electron chi connectivity index (χ3n) is 9.54. The van der Waals surface area contributed by atoms with Gasteiger partial charge in [-0.3, -0.25) is 0 Å². The largest absolute Gasteiger partial charge is 0.398 e. The molecule has 0 amide bonds. The van der Waals surface area contributed by atoms with Gasteiger partial charge in [-0.25, -0.2) is 18.0 Å². The molecule has 3 rings (SSSR count). The first-order chi connectivity index (χ1) is 24.8. The zero-order valence-corrected chi connectivity index (χ0v) is 32.9. The number of aliphatic imine (C=N–C) groups is 1. The first kappa shape index (κ1) is 45.7. The third kappa shape index (κ3) is 10.6. The van der Waals surface area contributed by atoms with E-state index in [1.807, 2.05) is 80.5 Å². The highest BCUT2D eigenvalue weighted by Gasteiger charge is 2.24. The molecule has 0 heterocycles. The van der Waals surface area contributed by atoms with Gasteiger partial charge < -0.3 is 11.5 Å². The molecule has 0 bridgehead atoms. The maximum Gasteiger partial charge on any atom is 0.240 e. The monoisotopic (exact) mass is 726 g/mol. The van der Waals surface area contributed by atoms with Crippen LogP contribution in [0.5, 0.6) is 0 Å². The fraction of sp³-hybridized carbons (Fsp3) is 0.442. The second-order valence-electron chi connectivity index (χ2n) is 13.9. The molecule has 0 aliphatic heterocycles. The van der Waals surface area contributed by atoms with Crippen molar-refractivity contribution in [2.24, 2.45) is 4.99 Å². The van der Waals surface area contributed by atoms with Crippen molar-refractivity contribution in [2.75, 3.05) is 11.5 Å². The summed E-state index contributed by atoms with van der Waals surface area (Å²) in [6.07, 6.45) is 4.10.